The number of hydrogen-bond donors (Lipinski definition) is 1. The first-order chi connectivity index (χ1) is 20.1. The predicted molar refractivity (Wildman–Crippen MR) is 150 cm³/mol. The van der Waals surface area contributed by atoms with Gasteiger partial charge in [0.2, 0.25) is 0 Å². The molecule has 0 aliphatic heterocycles. The van der Waals surface area contributed by atoms with E-state index in [-0.39, 0.29) is 38.9 Å². The lowest BCUT2D eigenvalue weighted by atomic mass is 9.97. The smallest absolute Gasteiger partial charge is 0.440 e. The Morgan fingerprint density at radius 2 is 1.72 bits per heavy atom. The lowest BCUT2D eigenvalue weighted by Gasteiger charge is -2.15. The van der Waals surface area contributed by atoms with Crippen LogP contribution < -0.4 is 4.74 Å². The summed E-state index contributed by atoms with van der Waals surface area (Å²) in [4.78, 5) is 8.66. The van der Waals surface area contributed by atoms with E-state index in [1.807, 2.05) is 6.92 Å². The average Bonchev–Trinajstić information content (AvgIpc) is 3.47. The fourth-order valence-corrected chi connectivity index (χ4v) is 5.83. The third-order valence-electron chi connectivity index (χ3n) is 6.62. The van der Waals surface area contributed by atoms with Crippen LogP contribution in [0.2, 0.25) is 0 Å². The maximum absolute atomic E-state index is 15.0. The number of benzene rings is 3. The monoisotopic (exact) mass is 615 g/mol. The van der Waals surface area contributed by atoms with Gasteiger partial charge < -0.3 is 18.8 Å². The zero-order chi connectivity index (χ0) is 31.3. The van der Waals surface area contributed by atoms with Crippen LogP contribution >= 0.6 is 0 Å². The minimum absolute atomic E-state index is 0.150. The van der Waals surface area contributed by atoms with E-state index in [0.29, 0.717) is 22.6 Å². The Bertz CT molecular complexity index is 1960. The summed E-state index contributed by atoms with van der Waals surface area (Å²) in [5.74, 6) is -0.345. The van der Waals surface area contributed by atoms with E-state index >= 15 is 4.39 Å². The Morgan fingerprint density at radius 1 is 0.977 bits per heavy atom. The molecule has 2 aromatic heterocycles. The first-order valence-corrected chi connectivity index (χ1v) is 14.7. The van der Waals surface area contributed by atoms with Crippen molar-refractivity contribution in [2.75, 3.05) is 6.26 Å². The average molecular weight is 616 g/mol. The Labute approximate surface area is 244 Å². The van der Waals surface area contributed by atoms with Gasteiger partial charge in [0, 0.05) is 36.1 Å². The van der Waals surface area contributed by atoms with E-state index in [1.54, 1.807) is 48.9 Å². The molecule has 0 aliphatic rings. The van der Waals surface area contributed by atoms with Gasteiger partial charge in [-0.25, -0.2) is 22.8 Å². The number of halogens is 4. The first-order valence-electron chi connectivity index (χ1n) is 12.8. The van der Waals surface area contributed by atoms with Crippen LogP contribution in [0.25, 0.3) is 39.4 Å². The molecule has 0 fully saturated rings. The number of hydrogen-bond acceptors (Lipinski definition) is 7. The Hall–Kier alpha value is -4.49. The van der Waals surface area contributed by atoms with Crippen molar-refractivity contribution in [3.05, 3.63) is 89.6 Å². The van der Waals surface area contributed by atoms with Crippen molar-refractivity contribution in [1.29, 1.82) is 0 Å². The zero-order valence-corrected chi connectivity index (χ0v) is 24.1. The summed E-state index contributed by atoms with van der Waals surface area (Å²) in [5, 5.41) is 9.63. The number of aliphatic hydroxyl groups excluding tert-OH is 1. The molecule has 3 aromatic carbocycles. The highest BCUT2D eigenvalue weighted by atomic mass is 32.2. The molecule has 0 aliphatic carbocycles. The van der Waals surface area contributed by atoms with Crippen molar-refractivity contribution in [3.63, 3.8) is 0 Å². The molecular weight excluding hydrogens is 590 g/mol. The fraction of sp³-hybridized carbons (Fsp3) is 0.200. The van der Waals surface area contributed by atoms with E-state index < -0.39 is 34.4 Å². The van der Waals surface area contributed by atoms with Gasteiger partial charge in [0.15, 0.2) is 21.5 Å². The van der Waals surface area contributed by atoms with Gasteiger partial charge in [0.25, 0.3) is 0 Å². The number of ether oxygens (including phenoxy) is 1. The second kappa shape index (κ2) is 11.0. The Morgan fingerprint density at radius 3 is 2.35 bits per heavy atom. The van der Waals surface area contributed by atoms with E-state index in [4.69, 9.17) is 4.42 Å². The third kappa shape index (κ3) is 6.18. The predicted octanol–water partition coefficient (Wildman–Crippen LogP) is 6.72. The van der Waals surface area contributed by atoms with Crippen molar-refractivity contribution in [2.24, 2.45) is 0 Å². The maximum Gasteiger partial charge on any atom is 0.573 e. The highest BCUT2D eigenvalue weighted by molar-refractivity contribution is 7.90. The molecule has 2 heterocycles. The van der Waals surface area contributed by atoms with E-state index in [1.165, 1.54) is 18.2 Å². The Kier molecular flexibility index (Phi) is 7.65. The van der Waals surface area contributed by atoms with Gasteiger partial charge in [0.05, 0.1) is 22.9 Å². The number of imidazole rings is 1. The molecule has 0 amide bonds. The van der Waals surface area contributed by atoms with Crippen LogP contribution in [0, 0.1) is 26.6 Å². The van der Waals surface area contributed by atoms with Crippen LogP contribution in [0.15, 0.2) is 70.1 Å². The molecule has 0 unspecified atom stereocenters. The quantitative estimate of drug-likeness (QED) is 0.203. The molecule has 0 radical (unpaired) electrons. The minimum atomic E-state index is -4.90. The minimum Gasteiger partial charge on any atom is -0.440 e. The molecule has 0 spiro atoms. The van der Waals surface area contributed by atoms with Crippen LogP contribution in [0.3, 0.4) is 0 Å². The van der Waals surface area contributed by atoms with Crippen molar-refractivity contribution < 1.29 is 40.2 Å². The largest absolute Gasteiger partial charge is 0.573 e. The van der Waals surface area contributed by atoms with Gasteiger partial charge in [-0.15, -0.1) is 13.2 Å². The molecule has 13 heteroatoms. The number of nitrogens with zero attached hydrogens (tertiary/aromatic N) is 3. The number of aliphatic hydroxyl groups is 1. The molecule has 0 atom stereocenters. The SMILES string of the molecule is Cc1cn(-c2ccc(-c3cc(F)c(CO)c(S(C)(=O)=O)c3)cc2-c2nc(C)oc2-c2cccc(OC(F)(F)F)c2)c(C)n1. The molecule has 0 bridgehead atoms. The van der Waals surface area contributed by atoms with Crippen molar-refractivity contribution in [3.8, 4) is 45.1 Å². The number of alkyl halides is 3. The number of oxazole rings is 1. The van der Waals surface area contributed by atoms with Gasteiger partial charge in [-0.2, -0.15) is 0 Å². The Balaban J connectivity index is 1.76. The number of sulfone groups is 1. The standard InChI is InChI=1S/C30H25F4N3O5S/c1-16-14-37(17(2)35-16)26-9-8-19(21-12-25(31)24(15-38)27(13-21)43(4,39)40)11-23(26)28-29(41-18(3)36-28)20-6-5-7-22(10-20)42-30(32,33)34/h5-14,38H,15H2,1-4H3. The molecule has 224 valence electrons. The maximum atomic E-state index is 15.0. The van der Waals surface area contributed by atoms with Crippen LogP contribution in [0.5, 0.6) is 5.75 Å². The van der Waals surface area contributed by atoms with Gasteiger partial charge >= 0.3 is 6.36 Å². The van der Waals surface area contributed by atoms with Crippen LogP contribution in [-0.2, 0) is 16.4 Å². The summed E-state index contributed by atoms with van der Waals surface area (Å²) in [7, 11) is -3.90. The second-order valence-corrected chi connectivity index (χ2v) is 11.9. The number of aromatic nitrogens is 3. The zero-order valence-electron chi connectivity index (χ0n) is 23.3. The molecule has 8 nitrogen and oxygen atoms in total. The van der Waals surface area contributed by atoms with E-state index in [9.17, 15) is 26.7 Å². The molecule has 43 heavy (non-hydrogen) atoms. The van der Waals surface area contributed by atoms with Crippen molar-refractivity contribution in [1.82, 2.24) is 14.5 Å². The van der Waals surface area contributed by atoms with Gasteiger partial charge in [-0.05, 0) is 61.4 Å². The van der Waals surface area contributed by atoms with Crippen molar-refractivity contribution >= 4 is 9.84 Å². The summed E-state index contributed by atoms with van der Waals surface area (Å²) >= 11 is 0. The van der Waals surface area contributed by atoms with Gasteiger partial charge in [0.1, 0.15) is 23.1 Å². The van der Waals surface area contributed by atoms with Crippen molar-refractivity contribution in [2.45, 2.75) is 38.6 Å². The summed E-state index contributed by atoms with van der Waals surface area (Å²) in [6.45, 7) is 4.38. The van der Waals surface area contributed by atoms with Gasteiger partial charge in [-0.3, -0.25) is 0 Å². The summed E-state index contributed by atoms with van der Waals surface area (Å²) in [6, 6.07) is 12.7. The molecule has 0 saturated heterocycles. The molecule has 1 N–H and O–H groups in total. The molecular formula is C30H25F4N3O5S. The highest BCUT2D eigenvalue weighted by Gasteiger charge is 2.31. The molecule has 0 saturated carbocycles. The van der Waals surface area contributed by atoms with Crippen LogP contribution in [0.1, 0.15) is 23.0 Å². The normalized spacial score (nSPS) is 12.1. The lowest BCUT2D eigenvalue weighted by molar-refractivity contribution is -0.274. The summed E-state index contributed by atoms with van der Waals surface area (Å²) < 4.78 is 90.5. The highest BCUT2D eigenvalue weighted by Crippen LogP contribution is 2.40. The topological polar surface area (TPSA) is 107 Å². The van der Waals surface area contributed by atoms with Crippen LogP contribution in [0.4, 0.5) is 17.6 Å². The summed E-state index contributed by atoms with van der Waals surface area (Å²) in [5.41, 5.74) is 2.54. The number of aryl methyl sites for hydroxylation is 3. The van der Waals surface area contributed by atoms with E-state index in [0.717, 1.165) is 24.1 Å². The molecule has 5 aromatic rings. The van der Waals surface area contributed by atoms with Crippen LogP contribution in [-0.4, -0.2) is 40.7 Å². The lowest BCUT2D eigenvalue weighted by Crippen LogP contribution is -2.17. The summed E-state index contributed by atoms with van der Waals surface area (Å²) in [6.07, 6.45) is -2.19. The molecule has 5 rings (SSSR count). The second-order valence-electron chi connectivity index (χ2n) is 9.88. The number of rotatable bonds is 7. The van der Waals surface area contributed by atoms with Gasteiger partial charge in [-0.1, -0.05) is 18.2 Å². The first kappa shape index (κ1) is 30.0. The fourth-order valence-electron chi connectivity index (χ4n) is 4.88. The third-order valence-corrected chi connectivity index (χ3v) is 7.79. The van der Waals surface area contributed by atoms with E-state index in [2.05, 4.69) is 14.7 Å².